The Labute approximate surface area is 237 Å². The van der Waals surface area contributed by atoms with E-state index in [1.54, 1.807) is 43.5 Å². The Morgan fingerprint density at radius 3 is 2.05 bits per heavy atom. The van der Waals surface area contributed by atoms with Crippen LogP contribution in [0.5, 0.6) is 11.5 Å². The number of halogens is 5. The van der Waals surface area contributed by atoms with Gasteiger partial charge in [-0.25, -0.2) is 9.79 Å². The fourth-order valence-electron chi connectivity index (χ4n) is 3.81. The van der Waals surface area contributed by atoms with Crippen LogP contribution in [0.25, 0.3) is 22.3 Å². The number of methoxy groups -OCH3 is 1. The van der Waals surface area contributed by atoms with Gasteiger partial charge in [0.25, 0.3) is 0 Å². The Bertz CT molecular complexity index is 1710. The first kappa shape index (κ1) is 29.4. The van der Waals surface area contributed by atoms with Crippen molar-refractivity contribution in [1.82, 2.24) is 0 Å². The second-order valence-corrected chi connectivity index (χ2v) is 9.23. The van der Waals surface area contributed by atoms with Gasteiger partial charge in [0.2, 0.25) is 11.0 Å². The maximum Gasteiger partial charge on any atom is 0.673 e. The quantitative estimate of drug-likeness (QED) is 0.106. The molecule has 0 aliphatic rings. The highest BCUT2D eigenvalue weighted by molar-refractivity contribution is 6.50. The molecular weight excluding hydrogens is 561 g/mol. The molecular formula is C30H23BClF4NO4. The van der Waals surface area contributed by atoms with Crippen LogP contribution in [0.4, 0.5) is 23.0 Å². The van der Waals surface area contributed by atoms with E-state index in [2.05, 4.69) is 11.1 Å². The molecule has 0 bridgehead atoms. The number of hydrogen-bond donors (Lipinski definition) is 1. The molecule has 0 unspecified atom stereocenters. The molecule has 11 heteroatoms. The van der Waals surface area contributed by atoms with Crippen molar-refractivity contribution in [1.29, 1.82) is 0 Å². The van der Waals surface area contributed by atoms with E-state index in [1.807, 2.05) is 61.5 Å². The predicted octanol–water partition coefficient (Wildman–Crippen LogP) is 6.90. The summed E-state index contributed by atoms with van der Waals surface area (Å²) in [5.74, 6) is 1.52. The average Bonchev–Trinajstić information content (AvgIpc) is 2.94. The van der Waals surface area contributed by atoms with Gasteiger partial charge in [0.15, 0.2) is 0 Å². The number of aryl methyl sites for hydroxylation is 1. The molecule has 1 N–H and O–H groups in total. The summed E-state index contributed by atoms with van der Waals surface area (Å²) in [4.78, 5) is 15.9. The second-order valence-electron chi connectivity index (χ2n) is 8.79. The van der Waals surface area contributed by atoms with E-state index >= 15 is 0 Å². The van der Waals surface area contributed by atoms with Gasteiger partial charge in [0, 0.05) is 22.7 Å². The van der Waals surface area contributed by atoms with E-state index in [4.69, 9.17) is 25.5 Å². The fourth-order valence-corrected chi connectivity index (χ4v) is 3.94. The van der Waals surface area contributed by atoms with Crippen LogP contribution in [0, 0.1) is 6.92 Å². The first-order valence-electron chi connectivity index (χ1n) is 12.2. The molecule has 4 aromatic carbocycles. The van der Waals surface area contributed by atoms with Gasteiger partial charge in [-0.1, -0.05) is 23.2 Å². The average molecular weight is 584 g/mol. The molecule has 0 saturated carbocycles. The minimum absolute atomic E-state index is 0.433. The molecule has 0 spiro atoms. The molecule has 0 saturated heterocycles. The van der Waals surface area contributed by atoms with Gasteiger partial charge in [0.1, 0.15) is 22.8 Å². The van der Waals surface area contributed by atoms with E-state index in [9.17, 15) is 22.1 Å². The summed E-state index contributed by atoms with van der Waals surface area (Å²) in [5.41, 5.74) is 4.11. The third-order valence-corrected chi connectivity index (χ3v) is 5.97. The van der Waals surface area contributed by atoms with Crippen molar-refractivity contribution in [3.63, 3.8) is 0 Å². The lowest BCUT2D eigenvalue weighted by Crippen LogP contribution is -2.70. The molecule has 0 fully saturated rings. The highest BCUT2D eigenvalue weighted by Crippen LogP contribution is 2.24. The maximum atomic E-state index is 12.4. The van der Waals surface area contributed by atoms with E-state index in [1.165, 1.54) is 0 Å². The molecule has 0 aliphatic heterocycles. The van der Waals surface area contributed by atoms with Crippen LogP contribution in [-0.4, -0.2) is 20.3 Å². The summed E-state index contributed by atoms with van der Waals surface area (Å²) in [6, 6.07) is 29.6. The SMILES string of the molecule is COc1ccc(-c2cc(=[NH+]c3ccc(OC(=O)c4ccc(Cl)cc4)cc3)c3cc(C)ccc3o2)cc1.F[B-](F)(F)F. The summed E-state index contributed by atoms with van der Waals surface area (Å²) < 4.78 is 56.0. The zero-order valence-electron chi connectivity index (χ0n) is 21.8. The minimum atomic E-state index is -6.00. The third-order valence-electron chi connectivity index (χ3n) is 5.72. The number of hydrogen-bond acceptors (Lipinski definition) is 4. The van der Waals surface area contributed by atoms with Crippen LogP contribution in [0.1, 0.15) is 15.9 Å². The Hall–Kier alpha value is -4.57. The molecule has 1 heterocycles. The van der Waals surface area contributed by atoms with E-state index < -0.39 is 13.2 Å². The topological polar surface area (TPSA) is 62.6 Å². The van der Waals surface area contributed by atoms with Gasteiger partial charge in [-0.3, -0.25) is 0 Å². The van der Waals surface area contributed by atoms with Crippen molar-refractivity contribution in [3.05, 3.63) is 119 Å². The van der Waals surface area contributed by atoms with Gasteiger partial charge in [0.05, 0.1) is 24.1 Å². The van der Waals surface area contributed by atoms with Gasteiger partial charge in [-0.15, -0.1) is 0 Å². The maximum absolute atomic E-state index is 12.4. The van der Waals surface area contributed by atoms with Crippen LogP contribution in [0.2, 0.25) is 5.02 Å². The summed E-state index contributed by atoms with van der Waals surface area (Å²) in [6.45, 7) is 2.05. The monoisotopic (exact) mass is 583 g/mol. The zero-order chi connectivity index (χ0) is 29.6. The normalized spacial score (nSPS) is 11.5. The highest BCUT2D eigenvalue weighted by atomic mass is 35.5. The number of fused-ring (bicyclic) bond motifs is 1. The third kappa shape index (κ3) is 8.46. The Morgan fingerprint density at radius 2 is 1.44 bits per heavy atom. The zero-order valence-corrected chi connectivity index (χ0v) is 22.6. The van der Waals surface area contributed by atoms with Crippen molar-refractivity contribution in [2.24, 2.45) is 0 Å². The summed E-state index contributed by atoms with van der Waals surface area (Å²) in [7, 11) is -4.36. The van der Waals surface area contributed by atoms with Crippen LogP contribution in [0.15, 0.2) is 101 Å². The first-order valence-corrected chi connectivity index (χ1v) is 12.6. The second kappa shape index (κ2) is 12.7. The van der Waals surface area contributed by atoms with Gasteiger partial charge >= 0.3 is 13.2 Å². The van der Waals surface area contributed by atoms with Gasteiger partial charge in [-0.05, 0) is 79.7 Å². The van der Waals surface area contributed by atoms with Crippen molar-refractivity contribution in [2.45, 2.75) is 6.92 Å². The van der Waals surface area contributed by atoms with Crippen molar-refractivity contribution in [3.8, 4) is 22.8 Å². The molecule has 0 aliphatic carbocycles. The van der Waals surface area contributed by atoms with E-state index in [0.29, 0.717) is 16.3 Å². The lowest BCUT2D eigenvalue weighted by atomic mass is 10.1. The number of ether oxygens (including phenoxy) is 2. The standard InChI is InChI=1S/C30H22ClNO4.BF4/c1-19-3-16-28-26(17-19)27(18-29(36-28)20-6-12-24(34-2)13-7-20)32-23-10-14-25(15-11-23)35-30(33)21-4-8-22(31)9-5-21;2-1(3,4)5/h3-18H,1-2H3;/q;-1/p+1. The van der Waals surface area contributed by atoms with Crippen LogP contribution in [-0.2, 0) is 0 Å². The van der Waals surface area contributed by atoms with E-state index in [0.717, 1.165) is 44.7 Å². The molecule has 0 radical (unpaired) electrons. The smallest absolute Gasteiger partial charge is 0.497 e. The molecule has 5 aromatic rings. The minimum Gasteiger partial charge on any atom is -0.497 e. The Kier molecular flexibility index (Phi) is 9.14. The summed E-state index contributed by atoms with van der Waals surface area (Å²) in [5, 5.41) is 2.43. The number of rotatable bonds is 5. The Morgan fingerprint density at radius 1 is 0.829 bits per heavy atom. The number of benzene rings is 4. The Balaban J connectivity index is 0.000000714. The largest absolute Gasteiger partial charge is 0.673 e. The van der Waals surface area contributed by atoms with Crippen molar-refractivity contribution in [2.75, 3.05) is 7.11 Å². The lowest BCUT2D eigenvalue weighted by molar-refractivity contribution is -0.400. The van der Waals surface area contributed by atoms with Gasteiger partial charge < -0.3 is 31.2 Å². The molecule has 210 valence electrons. The lowest BCUT2D eigenvalue weighted by Gasteiger charge is -2.05. The first-order chi connectivity index (χ1) is 19.5. The molecule has 41 heavy (non-hydrogen) atoms. The number of esters is 1. The number of carbonyl (C=O) groups is 1. The predicted molar refractivity (Wildman–Crippen MR) is 150 cm³/mol. The van der Waals surface area contributed by atoms with Crippen LogP contribution >= 0.6 is 11.6 Å². The fraction of sp³-hybridized carbons (Fsp3) is 0.0667. The molecule has 1 aromatic heterocycles. The van der Waals surface area contributed by atoms with Crippen molar-refractivity contribution >= 4 is 41.5 Å². The summed E-state index contributed by atoms with van der Waals surface area (Å²) >= 11 is 5.89. The van der Waals surface area contributed by atoms with Crippen LogP contribution < -0.4 is 19.8 Å². The summed E-state index contributed by atoms with van der Waals surface area (Å²) in [6.07, 6.45) is 0. The van der Waals surface area contributed by atoms with Crippen LogP contribution in [0.3, 0.4) is 0 Å². The molecule has 5 nitrogen and oxygen atoms in total. The van der Waals surface area contributed by atoms with Crippen molar-refractivity contribution < 1.29 is 40.9 Å². The van der Waals surface area contributed by atoms with Gasteiger partial charge in [-0.2, -0.15) is 0 Å². The molecule has 0 amide bonds. The van der Waals surface area contributed by atoms with E-state index in [-0.39, 0.29) is 0 Å². The number of carbonyl (C=O) groups excluding carboxylic acids is 1. The molecule has 0 atom stereocenters. The molecule has 5 rings (SSSR count). The number of nitrogens with one attached hydrogen (secondary N) is 1. The highest BCUT2D eigenvalue weighted by Gasteiger charge is 2.20.